The molecular formula is C25H21FN2O7S. The first-order chi connectivity index (χ1) is 17.3. The minimum atomic E-state index is -4.31. The van der Waals surface area contributed by atoms with Gasteiger partial charge in [0.2, 0.25) is 22.7 Å². The van der Waals surface area contributed by atoms with Crippen molar-refractivity contribution in [2.45, 2.75) is 23.9 Å². The first-order valence-corrected chi connectivity index (χ1v) is 12.4. The van der Waals surface area contributed by atoms with Gasteiger partial charge in [-0.05, 0) is 66.2 Å². The van der Waals surface area contributed by atoms with E-state index in [0.717, 1.165) is 33.5 Å². The Bertz CT molecular complexity index is 1430. The highest BCUT2D eigenvalue weighted by Gasteiger charge is 2.47. The molecule has 0 aromatic heterocycles. The van der Waals surface area contributed by atoms with Crippen LogP contribution in [0.4, 0.5) is 10.1 Å². The summed E-state index contributed by atoms with van der Waals surface area (Å²) >= 11 is 0. The van der Waals surface area contributed by atoms with E-state index in [9.17, 15) is 22.4 Å². The highest BCUT2D eigenvalue weighted by atomic mass is 32.2. The fourth-order valence-electron chi connectivity index (χ4n) is 4.17. The third kappa shape index (κ3) is 4.27. The van der Waals surface area contributed by atoms with Gasteiger partial charge in [0, 0.05) is 6.54 Å². The van der Waals surface area contributed by atoms with Gasteiger partial charge in [-0.25, -0.2) is 17.7 Å². The van der Waals surface area contributed by atoms with E-state index in [2.05, 4.69) is 0 Å². The van der Waals surface area contributed by atoms with Crippen molar-refractivity contribution in [2.75, 3.05) is 18.8 Å². The molecule has 0 saturated carbocycles. The van der Waals surface area contributed by atoms with E-state index in [0.29, 0.717) is 28.5 Å². The molecule has 0 N–H and O–H groups in total. The highest BCUT2D eigenvalue weighted by molar-refractivity contribution is 7.89. The number of halogens is 1. The third-order valence-corrected chi connectivity index (χ3v) is 7.87. The first-order valence-electron chi connectivity index (χ1n) is 10.9. The monoisotopic (exact) mass is 512 g/mol. The predicted molar refractivity (Wildman–Crippen MR) is 126 cm³/mol. The molecule has 1 atom stereocenters. The molecule has 0 aliphatic carbocycles. The lowest BCUT2D eigenvalue weighted by molar-refractivity contribution is -0.122. The number of methoxy groups -OCH3 is 1. The van der Waals surface area contributed by atoms with Crippen LogP contribution in [-0.2, 0) is 26.2 Å². The van der Waals surface area contributed by atoms with E-state index in [1.165, 1.54) is 7.11 Å². The minimum Gasteiger partial charge on any atom is -0.497 e. The van der Waals surface area contributed by atoms with E-state index >= 15 is 0 Å². The summed E-state index contributed by atoms with van der Waals surface area (Å²) in [5.41, 5.74) is 0.823. The Balaban J connectivity index is 1.52. The molecule has 1 fully saturated rings. The van der Waals surface area contributed by atoms with Gasteiger partial charge in [-0.2, -0.15) is 4.31 Å². The minimum absolute atomic E-state index is 0.0445. The molecule has 1 unspecified atom stereocenters. The number of hydrogen-bond donors (Lipinski definition) is 0. The summed E-state index contributed by atoms with van der Waals surface area (Å²) in [5, 5.41) is 0. The molecule has 11 heteroatoms. The Morgan fingerprint density at radius 1 is 1.00 bits per heavy atom. The number of ether oxygens (including phenoxy) is 3. The lowest BCUT2D eigenvalue weighted by Crippen LogP contribution is -2.45. The van der Waals surface area contributed by atoms with E-state index < -0.39 is 33.7 Å². The van der Waals surface area contributed by atoms with Gasteiger partial charge in [-0.1, -0.05) is 6.07 Å². The Labute approximate surface area is 206 Å². The summed E-state index contributed by atoms with van der Waals surface area (Å²) in [7, 11) is -2.82. The number of anilines is 1. The summed E-state index contributed by atoms with van der Waals surface area (Å²) in [6, 6.07) is 14.2. The third-order valence-electron chi connectivity index (χ3n) is 6.00. The van der Waals surface area contributed by atoms with Gasteiger partial charge in [0.05, 0.1) is 24.1 Å². The lowest BCUT2D eigenvalue weighted by atomic mass is 10.1. The number of carbonyl (C=O) groups is 2. The molecule has 1 saturated heterocycles. The number of amides is 2. The maximum atomic E-state index is 13.7. The summed E-state index contributed by atoms with van der Waals surface area (Å²) < 4.78 is 57.7. The molecule has 2 amide bonds. The second-order valence-corrected chi connectivity index (χ2v) is 10.1. The molecule has 3 aromatic rings. The van der Waals surface area contributed by atoms with Crippen molar-refractivity contribution in [2.24, 2.45) is 0 Å². The van der Waals surface area contributed by atoms with Crippen molar-refractivity contribution in [1.82, 2.24) is 4.31 Å². The zero-order valence-electron chi connectivity index (χ0n) is 19.1. The number of sulfonamides is 1. The molecule has 2 aliphatic rings. The Hall–Kier alpha value is -3.96. The molecule has 2 heterocycles. The molecular weight excluding hydrogens is 491 g/mol. The van der Waals surface area contributed by atoms with Crippen molar-refractivity contribution in [3.63, 3.8) is 0 Å². The molecule has 3 aromatic carbocycles. The van der Waals surface area contributed by atoms with Crippen LogP contribution in [0.1, 0.15) is 12.0 Å². The van der Waals surface area contributed by atoms with Crippen molar-refractivity contribution in [1.29, 1.82) is 0 Å². The smallest absolute Gasteiger partial charge is 0.252 e. The number of fused-ring (bicyclic) bond motifs is 1. The fourth-order valence-corrected chi connectivity index (χ4v) is 5.74. The van der Waals surface area contributed by atoms with Crippen LogP contribution in [0.2, 0.25) is 0 Å². The zero-order valence-corrected chi connectivity index (χ0v) is 19.9. The molecule has 186 valence electrons. The van der Waals surface area contributed by atoms with Crippen LogP contribution >= 0.6 is 0 Å². The van der Waals surface area contributed by atoms with Crippen LogP contribution in [0.15, 0.2) is 71.6 Å². The van der Waals surface area contributed by atoms with E-state index in [1.54, 1.807) is 42.5 Å². The lowest BCUT2D eigenvalue weighted by Gasteiger charge is -2.27. The van der Waals surface area contributed by atoms with Crippen LogP contribution in [-0.4, -0.2) is 44.5 Å². The molecule has 2 aliphatic heterocycles. The summed E-state index contributed by atoms with van der Waals surface area (Å²) in [5.74, 6) is -0.326. The molecule has 0 spiro atoms. The fraction of sp³-hybridized carbons (Fsp3) is 0.200. The standard InChI is InChI=1S/C25H21FN2O7S/c1-33-19-7-5-18(6-8-19)28-24(29)13-21(25(28)30)27(36(31,32)20-9-3-17(26)4-10-20)14-16-2-11-22-23(12-16)35-15-34-22/h2-12,21H,13-15H2,1H3. The molecule has 0 radical (unpaired) electrons. The number of imide groups is 1. The summed E-state index contributed by atoms with van der Waals surface area (Å²) in [6.07, 6.45) is -0.351. The SMILES string of the molecule is COc1ccc(N2C(=O)CC(N(Cc3ccc4c(c3)OCO4)S(=O)(=O)c3ccc(F)cc3)C2=O)cc1. The van der Waals surface area contributed by atoms with Crippen LogP contribution in [0, 0.1) is 5.82 Å². The molecule has 9 nitrogen and oxygen atoms in total. The summed E-state index contributed by atoms with van der Waals surface area (Å²) in [4.78, 5) is 27.2. The quantitative estimate of drug-likeness (QED) is 0.449. The maximum absolute atomic E-state index is 13.7. The summed E-state index contributed by atoms with van der Waals surface area (Å²) in [6.45, 7) is -0.181. The van der Waals surface area contributed by atoms with Gasteiger partial charge in [0.25, 0.3) is 5.91 Å². The van der Waals surface area contributed by atoms with Gasteiger partial charge < -0.3 is 14.2 Å². The van der Waals surface area contributed by atoms with Crippen molar-refractivity contribution >= 4 is 27.5 Å². The largest absolute Gasteiger partial charge is 0.497 e. The molecule has 5 rings (SSSR count). The van der Waals surface area contributed by atoms with Gasteiger partial charge in [0.1, 0.15) is 17.6 Å². The normalized spacial score (nSPS) is 17.2. The average Bonchev–Trinajstić information content (AvgIpc) is 3.46. The zero-order chi connectivity index (χ0) is 25.4. The first kappa shape index (κ1) is 23.8. The average molecular weight is 513 g/mol. The topological polar surface area (TPSA) is 102 Å². The van der Waals surface area contributed by atoms with Crippen LogP contribution < -0.4 is 19.1 Å². The number of rotatable bonds is 7. The van der Waals surface area contributed by atoms with Gasteiger partial charge >= 0.3 is 0 Å². The molecule has 36 heavy (non-hydrogen) atoms. The number of hydrogen-bond acceptors (Lipinski definition) is 7. The second kappa shape index (κ2) is 9.25. The number of benzene rings is 3. The van der Waals surface area contributed by atoms with Crippen molar-refractivity contribution in [3.8, 4) is 17.2 Å². The number of nitrogens with zero attached hydrogens (tertiary/aromatic N) is 2. The van der Waals surface area contributed by atoms with E-state index in [-0.39, 0.29) is 24.7 Å². The van der Waals surface area contributed by atoms with Gasteiger partial charge in [-0.3, -0.25) is 9.59 Å². The van der Waals surface area contributed by atoms with Crippen LogP contribution in [0.5, 0.6) is 17.2 Å². The van der Waals surface area contributed by atoms with Gasteiger partial charge in [-0.15, -0.1) is 0 Å². The highest BCUT2D eigenvalue weighted by Crippen LogP contribution is 2.35. The predicted octanol–water partition coefficient (Wildman–Crippen LogP) is 3.09. The van der Waals surface area contributed by atoms with Crippen molar-refractivity contribution in [3.05, 3.63) is 78.1 Å². The van der Waals surface area contributed by atoms with Crippen molar-refractivity contribution < 1.29 is 36.6 Å². The Morgan fingerprint density at radius 3 is 2.39 bits per heavy atom. The van der Waals surface area contributed by atoms with Gasteiger partial charge in [0.15, 0.2) is 11.5 Å². The second-order valence-electron chi connectivity index (χ2n) is 8.18. The van der Waals surface area contributed by atoms with Crippen LogP contribution in [0.25, 0.3) is 0 Å². The maximum Gasteiger partial charge on any atom is 0.252 e. The Kier molecular flexibility index (Phi) is 6.10. The van der Waals surface area contributed by atoms with E-state index in [1.807, 2.05) is 0 Å². The van der Waals surface area contributed by atoms with E-state index in [4.69, 9.17) is 14.2 Å². The molecule has 0 bridgehead atoms. The Morgan fingerprint density at radius 2 is 1.69 bits per heavy atom. The number of carbonyl (C=O) groups excluding carboxylic acids is 2. The van der Waals surface area contributed by atoms with Crippen LogP contribution in [0.3, 0.4) is 0 Å².